The van der Waals surface area contributed by atoms with Gasteiger partial charge in [-0.15, -0.1) is 0 Å². The van der Waals surface area contributed by atoms with Gasteiger partial charge in [0.1, 0.15) is 19.6 Å². The summed E-state index contributed by atoms with van der Waals surface area (Å²) >= 11 is 0. The summed E-state index contributed by atoms with van der Waals surface area (Å²) in [5.74, 6) is -1.17. The van der Waals surface area contributed by atoms with E-state index >= 15 is 0 Å². The van der Waals surface area contributed by atoms with E-state index in [1.165, 1.54) is 0 Å². The van der Waals surface area contributed by atoms with Crippen LogP contribution >= 0.6 is 0 Å². The van der Waals surface area contributed by atoms with E-state index in [-0.39, 0.29) is 71.4 Å². The van der Waals surface area contributed by atoms with Crippen LogP contribution in [0.4, 0.5) is 0 Å². The molecule has 0 amide bonds. The molecule has 112 valence electrons. The Morgan fingerprint density at radius 3 is 1.45 bits per heavy atom. The van der Waals surface area contributed by atoms with Gasteiger partial charge in [-0.3, -0.25) is 9.59 Å². The van der Waals surface area contributed by atoms with Crippen molar-refractivity contribution in [1.82, 2.24) is 0 Å². The van der Waals surface area contributed by atoms with Crippen LogP contribution in [0.5, 0.6) is 0 Å². The predicted molar refractivity (Wildman–Crippen MR) is 85.1 cm³/mol. The minimum Gasteiger partial charge on any atom is -1.00 e. The number of ether oxygens (including phenoxy) is 2. The maximum atomic E-state index is 11.5. The smallest absolute Gasteiger partial charge is 1.00 e. The van der Waals surface area contributed by atoms with Gasteiger partial charge < -0.3 is 12.3 Å². The summed E-state index contributed by atoms with van der Waals surface area (Å²) in [7, 11) is 0. The second-order valence-electron chi connectivity index (χ2n) is 4.47. The molecule has 2 aromatic carbocycles. The summed E-state index contributed by atoms with van der Waals surface area (Å²) in [6.07, 6.45) is -0.375. The first-order valence-electron chi connectivity index (χ1n) is 6.63. The zero-order valence-corrected chi connectivity index (χ0v) is 16.7. The standard InChI is InChI=1S/C17H16O4.Ba.2H/c18-16(20-12-14-7-3-1-4-8-14)11-17(19)21-13-15-9-5-2-6-10-15;;;/h1-10H,11-13H2;;;/q;+2;2*-1. The fourth-order valence-electron chi connectivity index (χ4n) is 1.70. The number of carbonyl (C=O) groups is 2. The van der Waals surface area contributed by atoms with E-state index in [0.717, 1.165) is 11.1 Å². The van der Waals surface area contributed by atoms with Crippen LogP contribution in [-0.4, -0.2) is 60.8 Å². The van der Waals surface area contributed by atoms with Crippen molar-refractivity contribution in [3.8, 4) is 0 Å². The quantitative estimate of drug-likeness (QED) is 0.407. The number of esters is 2. The van der Waals surface area contributed by atoms with Gasteiger partial charge in [0.15, 0.2) is 0 Å². The van der Waals surface area contributed by atoms with E-state index in [0.29, 0.717) is 0 Å². The molecule has 0 saturated heterocycles. The summed E-state index contributed by atoms with van der Waals surface area (Å²) in [6.45, 7) is 0.317. The summed E-state index contributed by atoms with van der Waals surface area (Å²) in [5, 5.41) is 0. The number of rotatable bonds is 6. The minimum atomic E-state index is -0.586. The van der Waals surface area contributed by atoms with E-state index in [1.807, 2.05) is 60.7 Å². The normalized spacial score (nSPS) is 9.45. The Morgan fingerprint density at radius 1 is 0.727 bits per heavy atom. The third-order valence-corrected chi connectivity index (χ3v) is 2.77. The Balaban J connectivity index is 0. The number of hydrogen-bond acceptors (Lipinski definition) is 4. The maximum Gasteiger partial charge on any atom is 2.00 e. The van der Waals surface area contributed by atoms with Crippen molar-refractivity contribution in [3.63, 3.8) is 0 Å². The maximum absolute atomic E-state index is 11.5. The van der Waals surface area contributed by atoms with Crippen LogP contribution in [0.2, 0.25) is 0 Å². The van der Waals surface area contributed by atoms with Gasteiger partial charge in [0, 0.05) is 0 Å². The molecule has 0 aliphatic heterocycles. The van der Waals surface area contributed by atoms with Crippen LogP contribution in [0, 0.1) is 0 Å². The fraction of sp³-hybridized carbons (Fsp3) is 0.176. The predicted octanol–water partition coefficient (Wildman–Crippen LogP) is 2.71. The average Bonchev–Trinajstić information content (AvgIpc) is 2.53. The van der Waals surface area contributed by atoms with Crippen molar-refractivity contribution in [2.75, 3.05) is 0 Å². The van der Waals surface area contributed by atoms with Crippen LogP contribution < -0.4 is 0 Å². The topological polar surface area (TPSA) is 52.6 Å². The largest absolute Gasteiger partial charge is 2.00 e. The van der Waals surface area contributed by atoms with Gasteiger partial charge in [-0.1, -0.05) is 60.7 Å². The van der Waals surface area contributed by atoms with Crippen molar-refractivity contribution < 1.29 is 21.9 Å². The Kier molecular flexibility index (Phi) is 9.19. The third-order valence-electron chi connectivity index (χ3n) is 2.77. The molecule has 0 aromatic heterocycles. The molecule has 5 heteroatoms. The van der Waals surface area contributed by atoms with Crippen molar-refractivity contribution in [2.24, 2.45) is 0 Å². The zero-order valence-electron chi connectivity index (χ0n) is 14.2. The fourth-order valence-corrected chi connectivity index (χ4v) is 1.70. The molecular formula is C17H18BaO4. The molecule has 0 heterocycles. The Morgan fingerprint density at radius 2 is 1.09 bits per heavy atom. The Hall–Kier alpha value is -1.05. The van der Waals surface area contributed by atoms with E-state index in [9.17, 15) is 9.59 Å². The van der Waals surface area contributed by atoms with Gasteiger partial charge in [-0.25, -0.2) is 0 Å². The van der Waals surface area contributed by atoms with Crippen LogP contribution in [0.1, 0.15) is 20.4 Å². The summed E-state index contributed by atoms with van der Waals surface area (Å²) in [6, 6.07) is 18.6. The molecule has 2 rings (SSSR count). The van der Waals surface area contributed by atoms with Crippen molar-refractivity contribution in [3.05, 3.63) is 71.8 Å². The monoisotopic (exact) mass is 424 g/mol. The molecule has 22 heavy (non-hydrogen) atoms. The average molecular weight is 424 g/mol. The van der Waals surface area contributed by atoms with Gasteiger partial charge in [-0.2, -0.15) is 0 Å². The van der Waals surface area contributed by atoms with Gasteiger partial charge in [-0.05, 0) is 11.1 Å². The first kappa shape index (κ1) is 19.0. The summed E-state index contributed by atoms with van der Waals surface area (Å²) in [4.78, 5) is 23.0. The van der Waals surface area contributed by atoms with Crippen LogP contribution in [0.3, 0.4) is 0 Å². The van der Waals surface area contributed by atoms with E-state index in [1.54, 1.807) is 0 Å². The van der Waals surface area contributed by atoms with Crippen molar-refractivity contribution in [2.45, 2.75) is 19.6 Å². The van der Waals surface area contributed by atoms with Crippen molar-refractivity contribution in [1.29, 1.82) is 0 Å². The van der Waals surface area contributed by atoms with Gasteiger partial charge in [0.2, 0.25) is 0 Å². The molecule has 0 aliphatic rings. The van der Waals surface area contributed by atoms with Gasteiger partial charge >= 0.3 is 60.8 Å². The Bertz CT molecular complexity index is 541. The van der Waals surface area contributed by atoms with E-state index in [2.05, 4.69) is 0 Å². The minimum absolute atomic E-state index is 0. The molecule has 0 atom stereocenters. The molecule has 0 radical (unpaired) electrons. The molecule has 0 N–H and O–H groups in total. The molecule has 2 aromatic rings. The van der Waals surface area contributed by atoms with Crippen LogP contribution in [0.25, 0.3) is 0 Å². The van der Waals surface area contributed by atoms with Gasteiger partial charge in [0.25, 0.3) is 0 Å². The van der Waals surface area contributed by atoms with Crippen LogP contribution in [-0.2, 0) is 32.3 Å². The molecule has 4 nitrogen and oxygen atoms in total. The third kappa shape index (κ3) is 7.29. The molecular weight excluding hydrogens is 406 g/mol. The first-order valence-corrected chi connectivity index (χ1v) is 6.63. The van der Waals surface area contributed by atoms with Crippen molar-refractivity contribution >= 4 is 60.8 Å². The molecule has 0 fully saturated rings. The van der Waals surface area contributed by atoms with Gasteiger partial charge in [0.05, 0.1) is 0 Å². The number of benzene rings is 2. The summed E-state index contributed by atoms with van der Waals surface area (Å²) in [5.41, 5.74) is 1.76. The molecule has 0 aliphatic carbocycles. The molecule has 0 saturated carbocycles. The molecule has 0 bridgehead atoms. The van der Waals surface area contributed by atoms with Crippen LogP contribution in [0.15, 0.2) is 60.7 Å². The zero-order chi connectivity index (χ0) is 14.9. The Labute approximate surface area is 172 Å². The van der Waals surface area contributed by atoms with E-state index in [4.69, 9.17) is 9.47 Å². The SMILES string of the molecule is O=C(CC(=O)OCc1ccccc1)OCc1ccccc1.[Ba+2].[H-].[H-]. The number of hydrogen-bond donors (Lipinski definition) is 0. The number of carbonyl (C=O) groups excluding carboxylic acids is 2. The molecule has 0 unspecified atom stereocenters. The van der Waals surface area contributed by atoms with E-state index < -0.39 is 11.9 Å². The molecule has 0 spiro atoms. The second kappa shape index (κ2) is 10.6. The summed E-state index contributed by atoms with van der Waals surface area (Å²) < 4.78 is 10.0. The first-order chi connectivity index (χ1) is 10.2. The second-order valence-corrected chi connectivity index (χ2v) is 4.47.